The molecule has 14 heteroatoms. The van der Waals surface area contributed by atoms with Crippen LogP contribution in [0, 0.1) is 0 Å². The molecule has 0 bridgehead atoms. The van der Waals surface area contributed by atoms with E-state index in [-0.39, 0.29) is 24.6 Å². The molecule has 0 saturated carbocycles. The number of amides is 4. The van der Waals surface area contributed by atoms with E-state index in [0.29, 0.717) is 23.3 Å². The molecule has 3 aromatic rings. The van der Waals surface area contributed by atoms with Crippen LogP contribution in [0.25, 0.3) is 0 Å². The number of anilines is 2. The monoisotopic (exact) mass is 533 g/mol. The number of carbonyl (C=O) groups excluding carboxylic acids is 3. The van der Waals surface area contributed by atoms with Gasteiger partial charge in [-0.05, 0) is 54.1 Å². The van der Waals surface area contributed by atoms with Crippen LogP contribution in [0.5, 0.6) is 0 Å². The number of halogens is 3. The van der Waals surface area contributed by atoms with Gasteiger partial charge in [-0.15, -0.1) is 0 Å². The van der Waals surface area contributed by atoms with Crippen molar-refractivity contribution in [2.24, 2.45) is 0 Å². The number of hydrazine groups is 1. The Balaban J connectivity index is 1.42. The van der Waals surface area contributed by atoms with E-state index in [2.05, 4.69) is 15.8 Å². The molecule has 1 fully saturated rings. The van der Waals surface area contributed by atoms with Gasteiger partial charge in [0.2, 0.25) is 0 Å². The van der Waals surface area contributed by atoms with Crippen LogP contribution in [0.3, 0.4) is 0 Å². The largest absolute Gasteiger partial charge is 0.501 e. The third-order valence-electron chi connectivity index (χ3n) is 5.29. The highest BCUT2D eigenvalue weighted by atomic mass is 32.2. The van der Waals surface area contributed by atoms with Crippen molar-refractivity contribution >= 4 is 39.2 Å². The van der Waals surface area contributed by atoms with E-state index in [0.717, 1.165) is 17.0 Å². The number of benzene rings is 2. The van der Waals surface area contributed by atoms with E-state index in [9.17, 15) is 36.0 Å². The number of alkyl halides is 3. The van der Waals surface area contributed by atoms with E-state index in [1.807, 2.05) is 0 Å². The van der Waals surface area contributed by atoms with Gasteiger partial charge in [0.05, 0.1) is 10.6 Å². The van der Waals surface area contributed by atoms with Crippen molar-refractivity contribution in [3.8, 4) is 0 Å². The molecule has 2 aromatic carbocycles. The lowest BCUT2D eigenvalue weighted by atomic mass is 10.2. The lowest BCUT2D eigenvalue weighted by molar-refractivity contribution is -0.116. The Kier molecular flexibility index (Phi) is 6.85. The van der Waals surface area contributed by atoms with Crippen molar-refractivity contribution < 1.29 is 36.0 Å². The highest BCUT2D eigenvalue weighted by Crippen LogP contribution is 2.32. The molecular formula is C23H18F3N5O5S. The molecule has 2 heterocycles. The smallest absolute Gasteiger partial charge is 0.310 e. The predicted molar refractivity (Wildman–Crippen MR) is 125 cm³/mol. The predicted octanol–water partition coefficient (Wildman–Crippen LogP) is 3.10. The zero-order valence-corrected chi connectivity index (χ0v) is 19.6. The second-order valence-electron chi connectivity index (χ2n) is 7.81. The first-order valence-electron chi connectivity index (χ1n) is 10.6. The molecule has 1 saturated heterocycles. The second-order valence-corrected chi connectivity index (χ2v) is 9.75. The summed E-state index contributed by atoms with van der Waals surface area (Å²) in [4.78, 5) is 42.6. The van der Waals surface area contributed by atoms with E-state index >= 15 is 0 Å². The quantitative estimate of drug-likeness (QED) is 0.353. The maximum absolute atomic E-state index is 12.9. The van der Waals surface area contributed by atoms with Gasteiger partial charge in [-0.1, -0.05) is 18.2 Å². The first kappa shape index (κ1) is 25.6. The highest BCUT2D eigenvalue weighted by molar-refractivity contribution is 7.92. The molecule has 1 aliphatic rings. The van der Waals surface area contributed by atoms with Crippen LogP contribution in [0.15, 0.2) is 77.8 Å². The Hall–Kier alpha value is -4.46. The van der Waals surface area contributed by atoms with Gasteiger partial charge < -0.3 is 4.90 Å². The van der Waals surface area contributed by atoms with Crippen LogP contribution in [0.2, 0.25) is 0 Å². The zero-order valence-electron chi connectivity index (χ0n) is 18.8. The Morgan fingerprint density at radius 3 is 2.32 bits per heavy atom. The van der Waals surface area contributed by atoms with Gasteiger partial charge in [-0.3, -0.25) is 20.4 Å². The Labute approximate surface area is 208 Å². The van der Waals surface area contributed by atoms with E-state index < -0.39 is 38.1 Å². The molecule has 4 amide bonds. The van der Waals surface area contributed by atoms with Crippen molar-refractivity contribution in [3.05, 3.63) is 84.1 Å². The summed E-state index contributed by atoms with van der Waals surface area (Å²) in [6.07, 6.45) is 1.44. The summed E-state index contributed by atoms with van der Waals surface area (Å²) in [6, 6.07) is 14.2. The molecule has 37 heavy (non-hydrogen) atoms. The zero-order chi connectivity index (χ0) is 26.8. The van der Waals surface area contributed by atoms with Crippen molar-refractivity contribution in [1.82, 2.24) is 15.3 Å². The van der Waals surface area contributed by atoms with Crippen LogP contribution in [0.4, 0.5) is 29.5 Å². The summed E-state index contributed by atoms with van der Waals surface area (Å²) in [5.41, 5.74) is 0.616. The molecule has 4 rings (SSSR count). The Bertz CT molecular complexity index is 1450. The first-order chi connectivity index (χ1) is 17.5. The van der Waals surface area contributed by atoms with Gasteiger partial charge in [-0.25, -0.2) is 23.1 Å². The summed E-state index contributed by atoms with van der Waals surface area (Å²) in [6.45, 7) is -0.317. The van der Waals surface area contributed by atoms with Crippen LogP contribution in [-0.2, 0) is 21.2 Å². The third kappa shape index (κ3) is 5.38. The molecule has 0 aliphatic carbocycles. The Morgan fingerprint density at radius 1 is 1.00 bits per heavy atom. The number of carbonyl (C=O) groups is 3. The number of hydrogen-bond donors (Lipinski definition) is 2. The van der Waals surface area contributed by atoms with Gasteiger partial charge in [0.25, 0.3) is 21.7 Å². The number of hydrogen-bond acceptors (Lipinski definition) is 7. The number of aromatic nitrogens is 1. The van der Waals surface area contributed by atoms with Crippen molar-refractivity contribution in [1.29, 1.82) is 0 Å². The summed E-state index contributed by atoms with van der Waals surface area (Å²) in [5, 5.41) is 0. The maximum atomic E-state index is 12.9. The lowest BCUT2D eigenvalue weighted by Gasteiger charge is -2.18. The number of imide groups is 1. The van der Waals surface area contributed by atoms with Gasteiger partial charge >= 0.3 is 11.5 Å². The van der Waals surface area contributed by atoms with E-state index in [1.165, 1.54) is 11.1 Å². The van der Waals surface area contributed by atoms with Crippen LogP contribution < -0.4 is 15.8 Å². The summed E-state index contributed by atoms with van der Waals surface area (Å²) in [5.74, 6) is -0.755. The SMILES string of the molecule is O=C(NNc1cc(CN2CC(=O)N(c3ccc(S(=O)(=O)C(F)(F)F)cc3)C2=O)ccn1)c1ccccc1. The number of sulfone groups is 1. The number of nitrogens with one attached hydrogen (secondary N) is 2. The van der Waals surface area contributed by atoms with E-state index in [4.69, 9.17) is 0 Å². The van der Waals surface area contributed by atoms with Gasteiger partial charge in [0.15, 0.2) is 0 Å². The number of nitrogens with zero attached hydrogens (tertiary/aromatic N) is 3. The highest BCUT2D eigenvalue weighted by Gasteiger charge is 2.47. The average Bonchev–Trinajstić information content (AvgIpc) is 3.15. The molecule has 0 spiro atoms. The molecular weight excluding hydrogens is 515 g/mol. The fourth-order valence-corrected chi connectivity index (χ4v) is 4.24. The van der Waals surface area contributed by atoms with Crippen LogP contribution in [-0.4, -0.2) is 48.2 Å². The third-order valence-corrected chi connectivity index (χ3v) is 6.79. The van der Waals surface area contributed by atoms with Gasteiger partial charge in [-0.2, -0.15) is 13.2 Å². The normalized spacial score (nSPS) is 14.1. The second kappa shape index (κ2) is 9.89. The summed E-state index contributed by atoms with van der Waals surface area (Å²) < 4.78 is 61.3. The van der Waals surface area contributed by atoms with Crippen LogP contribution >= 0.6 is 0 Å². The van der Waals surface area contributed by atoms with Crippen molar-refractivity contribution in [2.45, 2.75) is 16.9 Å². The lowest BCUT2D eigenvalue weighted by Crippen LogP contribution is -2.33. The summed E-state index contributed by atoms with van der Waals surface area (Å²) >= 11 is 0. The number of pyridine rings is 1. The molecule has 10 nitrogen and oxygen atoms in total. The topological polar surface area (TPSA) is 129 Å². The summed E-state index contributed by atoms with van der Waals surface area (Å²) in [7, 11) is -5.56. The van der Waals surface area contributed by atoms with E-state index in [1.54, 1.807) is 42.5 Å². The number of rotatable bonds is 7. The molecule has 2 N–H and O–H groups in total. The average molecular weight is 533 g/mol. The van der Waals surface area contributed by atoms with Crippen molar-refractivity contribution in [2.75, 3.05) is 16.9 Å². The van der Waals surface area contributed by atoms with Gasteiger partial charge in [0.1, 0.15) is 12.4 Å². The molecule has 192 valence electrons. The van der Waals surface area contributed by atoms with Crippen LogP contribution in [0.1, 0.15) is 15.9 Å². The first-order valence-corrected chi connectivity index (χ1v) is 12.1. The molecule has 1 aliphatic heterocycles. The molecule has 0 atom stereocenters. The molecule has 0 radical (unpaired) electrons. The van der Waals surface area contributed by atoms with Crippen molar-refractivity contribution in [3.63, 3.8) is 0 Å². The molecule has 0 unspecified atom stereocenters. The Morgan fingerprint density at radius 2 is 1.68 bits per heavy atom. The minimum atomic E-state index is -5.56. The minimum absolute atomic E-state index is 0.00849. The fourth-order valence-electron chi connectivity index (χ4n) is 3.48. The standard InChI is InChI=1S/C23H18F3N5O5S/c24-23(25,26)37(35,36)18-8-6-17(7-9-18)31-20(32)14-30(22(31)34)13-15-10-11-27-19(12-15)28-29-21(33)16-4-2-1-3-5-16/h1-12H,13-14H2,(H,27,28)(H,29,33). The minimum Gasteiger partial charge on any atom is -0.310 e. The molecule has 1 aromatic heterocycles. The maximum Gasteiger partial charge on any atom is 0.501 e. The van der Waals surface area contributed by atoms with Gasteiger partial charge in [0, 0.05) is 18.3 Å². The number of urea groups is 1. The fraction of sp³-hybridized carbons (Fsp3) is 0.130.